The topological polar surface area (TPSA) is 87.2 Å². The van der Waals surface area contributed by atoms with Crippen molar-refractivity contribution < 1.29 is 13.9 Å². The molecule has 0 saturated carbocycles. The summed E-state index contributed by atoms with van der Waals surface area (Å²) < 4.78 is 19.7. The predicted octanol–water partition coefficient (Wildman–Crippen LogP) is 2.81. The van der Waals surface area contributed by atoms with Gasteiger partial charge in [0, 0.05) is 24.0 Å². The van der Waals surface area contributed by atoms with Crippen molar-refractivity contribution in [3.05, 3.63) is 51.1 Å². The minimum atomic E-state index is -0.845. The van der Waals surface area contributed by atoms with E-state index in [4.69, 9.17) is 10.5 Å². The first-order valence-corrected chi connectivity index (χ1v) is 9.25. The van der Waals surface area contributed by atoms with Crippen molar-refractivity contribution in [3.8, 4) is 11.1 Å². The molecule has 2 heterocycles. The smallest absolute Gasteiger partial charge is 0.263 e. The van der Waals surface area contributed by atoms with Crippen molar-refractivity contribution >= 4 is 27.5 Å². The summed E-state index contributed by atoms with van der Waals surface area (Å²) in [6.07, 6.45) is 0.377. The summed E-state index contributed by atoms with van der Waals surface area (Å²) in [4.78, 5) is 31.2. The number of primary amides is 1. The van der Waals surface area contributed by atoms with Crippen LogP contribution in [-0.2, 0) is 16.0 Å². The van der Waals surface area contributed by atoms with Crippen molar-refractivity contribution in [1.29, 1.82) is 0 Å². The van der Waals surface area contributed by atoms with Gasteiger partial charge in [-0.15, -0.1) is 11.3 Å². The maximum absolute atomic E-state index is 13.3. The molecule has 1 amide bonds. The number of fused-ring (bicyclic) bond motifs is 1. The van der Waals surface area contributed by atoms with E-state index in [0.29, 0.717) is 34.6 Å². The summed E-state index contributed by atoms with van der Waals surface area (Å²) in [5, 5.41) is 0.415. The molecule has 0 aliphatic heterocycles. The molecule has 2 aromatic heterocycles. The fraction of sp³-hybridized carbons (Fsp3) is 0.316. The zero-order valence-corrected chi connectivity index (χ0v) is 16.1. The van der Waals surface area contributed by atoms with E-state index >= 15 is 0 Å². The van der Waals surface area contributed by atoms with Gasteiger partial charge in [-0.2, -0.15) is 0 Å². The molecule has 1 aromatic carbocycles. The predicted molar refractivity (Wildman–Crippen MR) is 103 cm³/mol. The first-order valence-electron chi connectivity index (χ1n) is 8.43. The zero-order valence-electron chi connectivity index (χ0n) is 15.3. The Bertz CT molecular complexity index is 1060. The van der Waals surface area contributed by atoms with Crippen LogP contribution >= 0.6 is 11.3 Å². The van der Waals surface area contributed by atoms with Crippen molar-refractivity contribution in [2.45, 2.75) is 26.3 Å². The highest BCUT2D eigenvalue weighted by Gasteiger charge is 2.24. The molecule has 0 aliphatic rings. The Balaban J connectivity index is 2.33. The quantitative estimate of drug-likeness (QED) is 0.702. The fourth-order valence-electron chi connectivity index (χ4n) is 3.08. The molecule has 0 saturated heterocycles. The summed E-state index contributed by atoms with van der Waals surface area (Å²) in [6.45, 7) is 3.82. The lowest BCUT2D eigenvalue weighted by Crippen LogP contribution is -2.35. The van der Waals surface area contributed by atoms with Crippen LogP contribution in [0.25, 0.3) is 21.3 Å². The monoisotopic (exact) mass is 389 g/mol. The van der Waals surface area contributed by atoms with E-state index in [1.54, 1.807) is 26.2 Å². The first kappa shape index (κ1) is 19.2. The number of hydrogen-bond acceptors (Lipinski definition) is 5. The standard InChI is InChI=1S/C19H20FN3O3S/c1-10(17(21)24)23-14(8-9-26-3)22-18-16(19(23)25)15(11(2)27-18)12-4-6-13(20)7-5-12/h4-7,10H,8-9H2,1-3H3,(H2,21,24). The number of halogens is 1. The Kier molecular flexibility index (Phi) is 5.38. The molecule has 0 spiro atoms. The fourth-order valence-corrected chi connectivity index (χ4v) is 4.13. The largest absolute Gasteiger partial charge is 0.384 e. The number of nitrogens with two attached hydrogens (primary N) is 1. The van der Waals surface area contributed by atoms with E-state index in [1.165, 1.54) is 28.0 Å². The highest BCUT2D eigenvalue weighted by atomic mass is 32.1. The first-order chi connectivity index (χ1) is 12.8. The van der Waals surface area contributed by atoms with Crippen molar-refractivity contribution in [2.24, 2.45) is 5.73 Å². The van der Waals surface area contributed by atoms with Crippen LogP contribution in [0.2, 0.25) is 0 Å². The van der Waals surface area contributed by atoms with E-state index in [2.05, 4.69) is 4.98 Å². The van der Waals surface area contributed by atoms with Crippen LogP contribution in [0.5, 0.6) is 0 Å². The second-order valence-electron chi connectivity index (χ2n) is 6.24. The minimum absolute atomic E-state index is 0.332. The number of ether oxygens (including phenoxy) is 1. The number of carbonyl (C=O) groups is 1. The molecule has 8 heteroatoms. The average molecular weight is 389 g/mol. The summed E-state index contributed by atoms with van der Waals surface area (Å²) in [7, 11) is 1.56. The van der Waals surface area contributed by atoms with Gasteiger partial charge in [0.15, 0.2) is 0 Å². The SMILES string of the molecule is COCCc1nc2sc(C)c(-c3ccc(F)cc3)c2c(=O)n1C(C)C(N)=O. The number of aryl methyl sites for hydroxylation is 1. The highest BCUT2D eigenvalue weighted by Crippen LogP contribution is 2.36. The maximum atomic E-state index is 13.3. The van der Waals surface area contributed by atoms with Crippen LogP contribution in [0.3, 0.4) is 0 Å². The van der Waals surface area contributed by atoms with Crippen LogP contribution in [0.15, 0.2) is 29.1 Å². The molecular weight excluding hydrogens is 369 g/mol. The molecule has 3 aromatic rings. The third kappa shape index (κ3) is 3.50. The Labute approximate surface area is 159 Å². The van der Waals surface area contributed by atoms with Crippen molar-refractivity contribution in [3.63, 3.8) is 0 Å². The third-order valence-corrected chi connectivity index (χ3v) is 5.47. The second kappa shape index (κ2) is 7.58. The number of benzene rings is 1. The lowest BCUT2D eigenvalue weighted by molar-refractivity contribution is -0.120. The molecule has 2 N–H and O–H groups in total. The van der Waals surface area contributed by atoms with Gasteiger partial charge in [-0.1, -0.05) is 12.1 Å². The van der Waals surface area contributed by atoms with Crippen LogP contribution < -0.4 is 11.3 Å². The lowest BCUT2D eigenvalue weighted by atomic mass is 10.0. The van der Waals surface area contributed by atoms with Gasteiger partial charge < -0.3 is 10.5 Å². The van der Waals surface area contributed by atoms with E-state index in [-0.39, 0.29) is 11.4 Å². The maximum Gasteiger partial charge on any atom is 0.263 e. The molecule has 142 valence electrons. The molecule has 1 atom stereocenters. The Hall–Kier alpha value is -2.58. The number of amides is 1. The number of methoxy groups -OCH3 is 1. The Morgan fingerprint density at radius 3 is 2.63 bits per heavy atom. The molecule has 3 rings (SSSR count). The van der Waals surface area contributed by atoms with Gasteiger partial charge in [-0.3, -0.25) is 14.2 Å². The van der Waals surface area contributed by atoms with Gasteiger partial charge in [-0.25, -0.2) is 9.37 Å². The molecule has 27 heavy (non-hydrogen) atoms. The van der Waals surface area contributed by atoms with E-state index in [1.807, 2.05) is 6.92 Å². The van der Waals surface area contributed by atoms with Crippen LogP contribution in [-0.4, -0.2) is 29.2 Å². The number of hydrogen-bond donors (Lipinski definition) is 1. The third-order valence-electron chi connectivity index (χ3n) is 4.47. The van der Waals surface area contributed by atoms with Crippen LogP contribution in [0, 0.1) is 12.7 Å². The number of rotatable bonds is 6. The molecule has 6 nitrogen and oxygen atoms in total. The van der Waals surface area contributed by atoms with Gasteiger partial charge in [-0.05, 0) is 31.5 Å². The second-order valence-corrected chi connectivity index (χ2v) is 7.45. The minimum Gasteiger partial charge on any atom is -0.384 e. The molecule has 0 fully saturated rings. The summed E-state index contributed by atoms with van der Waals surface area (Å²) in [5.41, 5.74) is 6.55. The van der Waals surface area contributed by atoms with E-state index in [9.17, 15) is 14.0 Å². The summed E-state index contributed by atoms with van der Waals surface area (Å²) in [6, 6.07) is 5.11. The van der Waals surface area contributed by atoms with Gasteiger partial charge >= 0.3 is 0 Å². The van der Waals surface area contributed by atoms with E-state index < -0.39 is 11.9 Å². The molecule has 1 unspecified atom stereocenters. The normalized spacial score (nSPS) is 12.4. The molecular formula is C19H20FN3O3S. The van der Waals surface area contributed by atoms with Crippen molar-refractivity contribution in [1.82, 2.24) is 9.55 Å². The average Bonchev–Trinajstić information content (AvgIpc) is 2.96. The van der Waals surface area contributed by atoms with Gasteiger partial charge in [0.2, 0.25) is 5.91 Å². The number of nitrogens with zero attached hydrogens (tertiary/aromatic N) is 2. The molecule has 0 radical (unpaired) electrons. The summed E-state index contributed by atoms with van der Waals surface area (Å²) >= 11 is 1.39. The number of carbonyl (C=O) groups excluding carboxylic acids is 1. The van der Waals surface area contributed by atoms with Crippen LogP contribution in [0.1, 0.15) is 23.7 Å². The summed E-state index contributed by atoms with van der Waals surface area (Å²) in [5.74, 6) is -0.518. The van der Waals surface area contributed by atoms with Crippen LogP contribution in [0.4, 0.5) is 4.39 Å². The Morgan fingerprint density at radius 2 is 2.04 bits per heavy atom. The number of thiophene rings is 1. The lowest BCUT2D eigenvalue weighted by Gasteiger charge is -2.17. The molecule has 0 bridgehead atoms. The van der Waals surface area contributed by atoms with Crippen molar-refractivity contribution in [2.75, 3.05) is 13.7 Å². The highest BCUT2D eigenvalue weighted by molar-refractivity contribution is 7.19. The van der Waals surface area contributed by atoms with Gasteiger partial charge in [0.05, 0.1) is 12.0 Å². The Morgan fingerprint density at radius 1 is 1.37 bits per heavy atom. The van der Waals surface area contributed by atoms with Gasteiger partial charge in [0.1, 0.15) is 22.5 Å². The molecule has 0 aliphatic carbocycles. The number of aromatic nitrogens is 2. The zero-order chi connectivity index (χ0) is 19.7. The van der Waals surface area contributed by atoms with Gasteiger partial charge in [0.25, 0.3) is 5.56 Å². The van der Waals surface area contributed by atoms with E-state index in [0.717, 1.165) is 10.4 Å².